The van der Waals surface area contributed by atoms with E-state index in [9.17, 15) is 14.7 Å². The number of nitrogens with zero attached hydrogens (tertiary/aromatic N) is 1. The number of ether oxygens (including phenoxy) is 1. The number of hydrogen-bond acceptors (Lipinski definition) is 5. The SMILES string of the molecule is CCC(CC)C(NC(C)=O)C1[C@H](N=C(N)N)C[C@H](C(=O)OC2CCC2C)[C@H]1O. The summed E-state index contributed by atoms with van der Waals surface area (Å²) in [7, 11) is 0. The monoisotopic (exact) mass is 396 g/mol. The molecule has 8 nitrogen and oxygen atoms in total. The second kappa shape index (κ2) is 9.58. The first-order chi connectivity index (χ1) is 13.2. The van der Waals surface area contributed by atoms with Crippen molar-refractivity contribution in [2.24, 2.45) is 40.1 Å². The van der Waals surface area contributed by atoms with Crippen molar-refractivity contribution in [3.05, 3.63) is 0 Å². The lowest BCUT2D eigenvalue weighted by Gasteiger charge is -2.36. The lowest BCUT2D eigenvalue weighted by molar-refractivity contribution is -0.165. The summed E-state index contributed by atoms with van der Waals surface area (Å²) in [5.74, 6) is -1.32. The number of esters is 1. The third-order valence-corrected chi connectivity index (χ3v) is 6.51. The number of nitrogens with one attached hydrogen (secondary N) is 1. The van der Waals surface area contributed by atoms with E-state index in [0.717, 1.165) is 25.7 Å². The maximum absolute atomic E-state index is 12.8. The topological polar surface area (TPSA) is 140 Å². The zero-order chi connectivity index (χ0) is 21.0. The van der Waals surface area contributed by atoms with Crippen molar-refractivity contribution >= 4 is 17.8 Å². The van der Waals surface area contributed by atoms with Gasteiger partial charge in [0, 0.05) is 18.9 Å². The Kier molecular flexibility index (Phi) is 7.69. The van der Waals surface area contributed by atoms with E-state index in [1.165, 1.54) is 6.92 Å². The summed E-state index contributed by atoms with van der Waals surface area (Å²) in [6.07, 6.45) is 2.81. The molecule has 7 atom stereocenters. The van der Waals surface area contributed by atoms with Crippen LogP contribution in [0.15, 0.2) is 4.99 Å². The highest BCUT2D eigenvalue weighted by Crippen LogP contribution is 2.41. The molecule has 2 saturated carbocycles. The molecule has 0 saturated heterocycles. The molecule has 2 fully saturated rings. The number of carbonyl (C=O) groups is 2. The molecule has 1 amide bonds. The highest BCUT2D eigenvalue weighted by molar-refractivity contribution is 5.77. The van der Waals surface area contributed by atoms with E-state index >= 15 is 0 Å². The van der Waals surface area contributed by atoms with E-state index < -0.39 is 30.0 Å². The maximum Gasteiger partial charge on any atom is 0.311 e. The van der Waals surface area contributed by atoms with Gasteiger partial charge in [0.25, 0.3) is 0 Å². The van der Waals surface area contributed by atoms with Gasteiger partial charge in [-0.1, -0.05) is 33.6 Å². The Hall–Kier alpha value is -1.83. The molecule has 0 aliphatic heterocycles. The van der Waals surface area contributed by atoms with Gasteiger partial charge in [-0.15, -0.1) is 0 Å². The quantitative estimate of drug-likeness (QED) is 0.273. The van der Waals surface area contributed by atoms with Crippen molar-refractivity contribution in [3.8, 4) is 0 Å². The number of aliphatic hydroxyl groups is 1. The molecule has 8 heteroatoms. The number of amides is 1. The summed E-state index contributed by atoms with van der Waals surface area (Å²) in [5.41, 5.74) is 11.2. The molecule has 2 aliphatic rings. The van der Waals surface area contributed by atoms with Gasteiger partial charge in [0.05, 0.1) is 18.1 Å². The first kappa shape index (κ1) is 22.5. The van der Waals surface area contributed by atoms with E-state index in [0.29, 0.717) is 12.3 Å². The van der Waals surface area contributed by atoms with Gasteiger partial charge in [0.2, 0.25) is 5.91 Å². The Balaban J connectivity index is 2.27. The normalized spacial score (nSPS) is 33.1. The van der Waals surface area contributed by atoms with Gasteiger partial charge in [0.15, 0.2) is 5.96 Å². The van der Waals surface area contributed by atoms with E-state index in [4.69, 9.17) is 16.2 Å². The second-order valence-corrected chi connectivity index (χ2v) is 8.36. The zero-order valence-electron chi connectivity index (χ0n) is 17.4. The fraction of sp³-hybridized carbons (Fsp3) is 0.850. The molecule has 0 bridgehead atoms. The first-order valence-electron chi connectivity index (χ1n) is 10.4. The van der Waals surface area contributed by atoms with Crippen molar-refractivity contribution in [2.75, 3.05) is 0 Å². The molecular formula is C20H36N4O4. The molecule has 0 radical (unpaired) electrons. The maximum atomic E-state index is 12.8. The Bertz CT molecular complexity index is 589. The van der Waals surface area contributed by atoms with Crippen LogP contribution in [0, 0.1) is 23.7 Å². The predicted octanol–water partition coefficient (Wildman–Crippen LogP) is 0.908. The molecule has 0 aromatic rings. The van der Waals surface area contributed by atoms with E-state index in [1.807, 2.05) is 13.8 Å². The summed E-state index contributed by atoms with van der Waals surface area (Å²) in [6.45, 7) is 7.60. The average Bonchev–Trinajstić information content (AvgIpc) is 2.93. The standard InChI is InChI=1S/C20H36N4O4/c1-5-12(6-2)17(23-11(4)25)16-14(24-20(21)22)9-13(18(16)26)19(27)28-15-8-7-10(15)3/h10,12-18,26H,5-9H2,1-4H3,(H,23,25)(H4,21,22,24)/t10?,13-,14+,15?,16?,17?,18+/m0/s1. The lowest BCUT2D eigenvalue weighted by atomic mass is 9.80. The molecule has 28 heavy (non-hydrogen) atoms. The van der Waals surface area contributed by atoms with Crippen LogP contribution in [-0.4, -0.2) is 47.2 Å². The largest absolute Gasteiger partial charge is 0.462 e. The molecule has 6 N–H and O–H groups in total. The van der Waals surface area contributed by atoms with Crippen molar-refractivity contribution < 1.29 is 19.4 Å². The Morgan fingerprint density at radius 1 is 1.25 bits per heavy atom. The molecule has 0 aromatic carbocycles. The van der Waals surface area contributed by atoms with Crippen LogP contribution in [0.3, 0.4) is 0 Å². The molecule has 0 spiro atoms. The average molecular weight is 397 g/mol. The minimum Gasteiger partial charge on any atom is -0.462 e. The molecule has 160 valence electrons. The van der Waals surface area contributed by atoms with Gasteiger partial charge in [-0.25, -0.2) is 4.99 Å². The number of hydrogen-bond donors (Lipinski definition) is 4. The van der Waals surface area contributed by atoms with Gasteiger partial charge in [-0.05, 0) is 31.1 Å². The lowest BCUT2D eigenvalue weighted by Crippen LogP contribution is -2.51. The summed E-state index contributed by atoms with van der Waals surface area (Å²) < 4.78 is 5.63. The van der Waals surface area contributed by atoms with Gasteiger partial charge in [-0.3, -0.25) is 9.59 Å². The van der Waals surface area contributed by atoms with Gasteiger partial charge >= 0.3 is 5.97 Å². The van der Waals surface area contributed by atoms with Gasteiger partial charge in [0.1, 0.15) is 6.10 Å². The van der Waals surface area contributed by atoms with E-state index in [-0.39, 0.29) is 29.9 Å². The molecular weight excluding hydrogens is 360 g/mol. The van der Waals surface area contributed by atoms with Crippen molar-refractivity contribution in [2.45, 2.75) is 84.1 Å². The number of aliphatic hydroxyl groups excluding tert-OH is 1. The van der Waals surface area contributed by atoms with Crippen LogP contribution in [-0.2, 0) is 14.3 Å². The fourth-order valence-electron chi connectivity index (χ4n) is 4.68. The number of nitrogens with two attached hydrogens (primary N) is 2. The smallest absolute Gasteiger partial charge is 0.311 e. The highest BCUT2D eigenvalue weighted by atomic mass is 16.5. The minimum absolute atomic E-state index is 0.0783. The molecule has 2 rings (SSSR count). The fourth-order valence-corrected chi connectivity index (χ4v) is 4.68. The highest BCUT2D eigenvalue weighted by Gasteiger charge is 2.52. The van der Waals surface area contributed by atoms with Crippen LogP contribution >= 0.6 is 0 Å². The van der Waals surface area contributed by atoms with Crippen LogP contribution in [0.2, 0.25) is 0 Å². The Morgan fingerprint density at radius 3 is 2.32 bits per heavy atom. The third-order valence-electron chi connectivity index (χ3n) is 6.51. The van der Waals surface area contributed by atoms with E-state index in [1.54, 1.807) is 0 Å². The predicted molar refractivity (Wildman–Crippen MR) is 107 cm³/mol. The molecule has 0 aromatic heterocycles. The molecule has 0 heterocycles. The number of guanidine groups is 1. The summed E-state index contributed by atoms with van der Waals surface area (Å²) in [4.78, 5) is 28.9. The van der Waals surface area contributed by atoms with E-state index in [2.05, 4.69) is 17.2 Å². The van der Waals surface area contributed by atoms with Crippen LogP contribution < -0.4 is 16.8 Å². The summed E-state index contributed by atoms with van der Waals surface area (Å²) >= 11 is 0. The number of carbonyl (C=O) groups excluding carboxylic acids is 2. The number of rotatable bonds is 8. The number of aliphatic imine (C=N–C) groups is 1. The summed E-state index contributed by atoms with van der Waals surface area (Å²) in [6, 6.07) is -0.773. The van der Waals surface area contributed by atoms with Crippen molar-refractivity contribution in [3.63, 3.8) is 0 Å². The van der Waals surface area contributed by atoms with Crippen LogP contribution in [0.5, 0.6) is 0 Å². The summed E-state index contributed by atoms with van der Waals surface area (Å²) in [5, 5.41) is 14.1. The molecule has 4 unspecified atom stereocenters. The van der Waals surface area contributed by atoms with Crippen LogP contribution in [0.4, 0.5) is 0 Å². The van der Waals surface area contributed by atoms with Gasteiger partial charge in [-0.2, -0.15) is 0 Å². The first-order valence-corrected chi connectivity index (χ1v) is 10.4. The third kappa shape index (κ3) is 4.96. The zero-order valence-corrected chi connectivity index (χ0v) is 17.4. The van der Waals surface area contributed by atoms with Crippen LogP contribution in [0.1, 0.15) is 59.8 Å². The Morgan fingerprint density at radius 2 is 1.89 bits per heavy atom. The second-order valence-electron chi connectivity index (χ2n) is 8.36. The molecule has 2 aliphatic carbocycles. The van der Waals surface area contributed by atoms with Crippen molar-refractivity contribution in [1.29, 1.82) is 0 Å². The minimum atomic E-state index is -0.978. The Labute approximate surface area is 167 Å². The van der Waals surface area contributed by atoms with Crippen molar-refractivity contribution in [1.82, 2.24) is 5.32 Å². The van der Waals surface area contributed by atoms with Crippen LogP contribution in [0.25, 0.3) is 0 Å². The van der Waals surface area contributed by atoms with Gasteiger partial charge < -0.3 is 26.6 Å².